The Balaban J connectivity index is 1.65. The molecule has 2 aliphatic rings. The van der Waals surface area contributed by atoms with Crippen LogP contribution in [0.25, 0.3) is 0 Å². The lowest BCUT2D eigenvalue weighted by molar-refractivity contribution is -0.114. The van der Waals surface area contributed by atoms with Crippen LogP contribution in [0.1, 0.15) is 50.2 Å². The Kier molecular flexibility index (Phi) is 4.97. The molecule has 1 spiro atoms. The lowest BCUT2D eigenvalue weighted by atomic mass is 9.67. The van der Waals surface area contributed by atoms with E-state index in [1.54, 1.807) is 6.92 Å². The zero-order valence-corrected chi connectivity index (χ0v) is 15.9. The van der Waals surface area contributed by atoms with E-state index in [0.29, 0.717) is 6.54 Å². The second-order valence-electron chi connectivity index (χ2n) is 7.80. The summed E-state index contributed by atoms with van der Waals surface area (Å²) in [6.45, 7) is 2.11. The lowest BCUT2D eigenvalue weighted by Crippen LogP contribution is -2.43. The predicted octanol–water partition coefficient (Wildman–Crippen LogP) is 5.16. The average Bonchev–Trinajstić information content (AvgIpc) is 2.67. The summed E-state index contributed by atoms with van der Waals surface area (Å²) in [4.78, 5) is 16.5. The molecule has 1 fully saturated rings. The number of fused-ring (bicyclic) bond motifs is 1. The Labute approximate surface area is 161 Å². The maximum Gasteiger partial charge on any atom is 0.221 e. The van der Waals surface area contributed by atoms with Crippen LogP contribution in [-0.4, -0.2) is 11.7 Å². The zero-order valence-electron chi connectivity index (χ0n) is 15.9. The highest BCUT2D eigenvalue weighted by molar-refractivity contribution is 6.02. The van der Waals surface area contributed by atoms with Gasteiger partial charge in [0.15, 0.2) is 0 Å². The highest BCUT2D eigenvalue weighted by Gasteiger charge is 2.40. The number of anilines is 2. The minimum absolute atomic E-state index is 0.0522. The summed E-state index contributed by atoms with van der Waals surface area (Å²) in [6.07, 6.45) is 7.32. The van der Waals surface area contributed by atoms with Crippen LogP contribution in [0.15, 0.2) is 53.5 Å². The summed E-state index contributed by atoms with van der Waals surface area (Å²) in [6, 6.07) is 16.5. The summed E-state index contributed by atoms with van der Waals surface area (Å²) in [5, 5.41) is 6.57. The van der Waals surface area contributed by atoms with Crippen molar-refractivity contribution < 1.29 is 4.79 Å². The molecule has 1 aliphatic heterocycles. The largest absolute Gasteiger partial charge is 0.343 e. The first-order valence-electron chi connectivity index (χ1n) is 9.92. The van der Waals surface area contributed by atoms with Crippen molar-refractivity contribution >= 4 is 23.1 Å². The number of aliphatic imine (C=N–C) groups is 1. The number of amides is 1. The van der Waals surface area contributed by atoms with E-state index in [0.717, 1.165) is 23.5 Å². The number of carbonyl (C=O) groups is 1. The van der Waals surface area contributed by atoms with E-state index in [4.69, 9.17) is 4.99 Å². The Morgan fingerprint density at radius 2 is 1.81 bits per heavy atom. The van der Waals surface area contributed by atoms with Crippen LogP contribution in [0, 0.1) is 5.41 Å². The summed E-state index contributed by atoms with van der Waals surface area (Å²) in [7, 11) is 0. The SMILES string of the molecule is CC(=O)Nc1ccccc1CN=C1Nc2ccccc2CC12CCCCC2. The smallest absolute Gasteiger partial charge is 0.221 e. The van der Waals surface area contributed by atoms with Crippen LogP contribution >= 0.6 is 0 Å². The molecule has 1 amide bonds. The predicted molar refractivity (Wildman–Crippen MR) is 111 cm³/mol. The van der Waals surface area contributed by atoms with Gasteiger partial charge in [0, 0.05) is 23.7 Å². The molecule has 0 saturated heterocycles. The number of carbonyl (C=O) groups excluding carboxylic acids is 1. The van der Waals surface area contributed by atoms with Crippen LogP contribution in [0.4, 0.5) is 11.4 Å². The van der Waals surface area contributed by atoms with Crippen molar-refractivity contribution in [1.82, 2.24) is 0 Å². The van der Waals surface area contributed by atoms with Crippen LogP contribution in [0.3, 0.4) is 0 Å². The van der Waals surface area contributed by atoms with Gasteiger partial charge < -0.3 is 10.6 Å². The third kappa shape index (κ3) is 3.75. The molecule has 0 atom stereocenters. The molecule has 1 saturated carbocycles. The molecule has 0 bridgehead atoms. The maximum atomic E-state index is 11.5. The third-order valence-electron chi connectivity index (χ3n) is 5.85. The van der Waals surface area contributed by atoms with Gasteiger partial charge in [0.25, 0.3) is 0 Å². The molecule has 27 heavy (non-hydrogen) atoms. The van der Waals surface area contributed by atoms with E-state index in [2.05, 4.69) is 34.9 Å². The molecule has 0 aromatic heterocycles. The van der Waals surface area contributed by atoms with E-state index in [1.165, 1.54) is 43.4 Å². The van der Waals surface area contributed by atoms with Crippen LogP contribution in [0.2, 0.25) is 0 Å². The molecular weight excluding hydrogens is 334 g/mol. The van der Waals surface area contributed by atoms with Gasteiger partial charge in [-0.2, -0.15) is 0 Å². The van der Waals surface area contributed by atoms with Crippen molar-refractivity contribution in [2.24, 2.45) is 10.4 Å². The van der Waals surface area contributed by atoms with Gasteiger partial charge in [0.05, 0.1) is 6.54 Å². The van der Waals surface area contributed by atoms with Gasteiger partial charge in [-0.1, -0.05) is 55.7 Å². The number of amidine groups is 1. The van der Waals surface area contributed by atoms with Crippen LogP contribution < -0.4 is 10.6 Å². The van der Waals surface area contributed by atoms with Gasteiger partial charge in [-0.25, -0.2) is 0 Å². The van der Waals surface area contributed by atoms with Crippen molar-refractivity contribution in [3.05, 3.63) is 59.7 Å². The molecule has 4 rings (SSSR count). The summed E-state index contributed by atoms with van der Waals surface area (Å²) in [5.41, 5.74) is 4.62. The number of nitrogens with zero attached hydrogens (tertiary/aromatic N) is 1. The Hall–Kier alpha value is -2.62. The molecule has 1 aliphatic carbocycles. The quantitative estimate of drug-likeness (QED) is 0.793. The second kappa shape index (κ2) is 7.55. The molecule has 1 heterocycles. The van der Waals surface area contributed by atoms with Gasteiger partial charge in [-0.3, -0.25) is 9.79 Å². The standard InChI is InChI=1S/C23H27N3O/c1-17(27)25-21-12-6-4-10-19(21)16-24-22-23(13-7-2-8-14-23)15-18-9-3-5-11-20(18)26-22/h3-6,9-12H,2,7-8,13-16H2,1H3,(H,24,26)(H,25,27). The number of hydrogen-bond acceptors (Lipinski definition) is 2. The molecule has 2 aromatic rings. The number of nitrogens with one attached hydrogen (secondary N) is 2. The molecule has 0 radical (unpaired) electrons. The molecule has 0 unspecified atom stereocenters. The van der Waals surface area contributed by atoms with E-state index in [-0.39, 0.29) is 11.3 Å². The first-order chi connectivity index (χ1) is 13.2. The van der Waals surface area contributed by atoms with Crippen molar-refractivity contribution in [2.45, 2.75) is 52.0 Å². The van der Waals surface area contributed by atoms with Gasteiger partial charge >= 0.3 is 0 Å². The van der Waals surface area contributed by atoms with E-state index < -0.39 is 0 Å². The highest BCUT2D eigenvalue weighted by Crippen LogP contribution is 2.45. The second-order valence-corrected chi connectivity index (χ2v) is 7.80. The summed E-state index contributed by atoms with van der Waals surface area (Å²) >= 11 is 0. The normalized spacial score (nSPS) is 19.4. The first-order valence-corrected chi connectivity index (χ1v) is 9.92. The average molecular weight is 361 g/mol. The van der Waals surface area contributed by atoms with Gasteiger partial charge in [0.2, 0.25) is 5.91 Å². The summed E-state index contributed by atoms with van der Waals surface area (Å²) in [5.74, 6) is 1.07. The van der Waals surface area contributed by atoms with Crippen molar-refractivity contribution in [2.75, 3.05) is 10.6 Å². The fourth-order valence-corrected chi connectivity index (χ4v) is 4.49. The molecular formula is C23H27N3O. The lowest BCUT2D eigenvalue weighted by Gasteiger charge is -2.42. The van der Waals surface area contributed by atoms with E-state index >= 15 is 0 Å². The first kappa shape index (κ1) is 17.8. The number of para-hydroxylation sites is 2. The Morgan fingerprint density at radius 1 is 1.07 bits per heavy atom. The molecule has 2 N–H and O–H groups in total. The number of hydrogen-bond donors (Lipinski definition) is 2. The maximum absolute atomic E-state index is 11.5. The highest BCUT2D eigenvalue weighted by atomic mass is 16.1. The van der Waals surface area contributed by atoms with E-state index in [1.807, 2.05) is 24.3 Å². The minimum Gasteiger partial charge on any atom is -0.343 e. The summed E-state index contributed by atoms with van der Waals surface area (Å²) < 4.78 is 0. The van der Waals surface area contributed by atoms with Crippen molar-refractivity contribution in [3.8, 4) is 0 Å². The monoisotopic (exact) mass is 361 g/mol. The molecule has 4 heteroatoms. The van der Waals surface area contributed by atoms with Crippen LogP contribution in [-0.2, 0) is 17.8 Å². The topological polar surface area (TPSA) is 53.5 Å². The molecule has 140 valence electrons. The zero-order chi connectivity index (χ0) is 18.7. The van der Waals surface area contributed by atoms with Gasteiger partial charge in [0.1, 0.15) is 5.84 Å². The van der Waals surface area contributed by atoms with Crippen LogP contribution in [0.5, 0.6) is 0 Å². The molecule has 2 aromatic carbocycles. The number of benzene rings is 2. The van der Waals surface area contributed by atoms with Gasteiger partial charge in [-0.15, -0.1) is 0 Å². The minimum atomic E-state index is -0.0522. The Bertz CT molecular complexity index is 865. The van der Waals surface area contributed by atoms with Crippen molar-refractivity contribution in [1.29, 1.82) is 0 Å². The van der Waals surface area contributed by atoms with Gasteiger partial charge in [-0.05, 0) is 42.5 Å². The van der Waals surface area contributed by atoms with E-state index in [9.17, 15) is 4.79 Å². The van der Waals surface area contributed by atoms with Crippen molar-refractivity contribution in [3.63, 3.8) is 0 Å². The fourth-order valence-electron chi connectivity index (χ4n) is 4.49. The number of rotatable bonds is 3. The molecule has 4 nitrogen and oxygen atoms in total. The Morgan fingerprint density at radius 3 is 2.63 bits per heavy atom. The third-order valence-corrected chi connectivity index (χ3v) is 5.85. The fraction of sp³-hybridized carbons (Fsp3) is 0.391.